The summed E-state index contributed by atoms with van der Waals surface area (Å²) in [5.74, 6) is 6.64. The molecule has 0 unspecified atom stereocenters. The Morgan fingerprint density at radius 3 is 1.85 bits per heavy atom. The second kappa shape index (κ2) is 14.8. The lowest BCUT2D eigenvalue weighted by molar-refractivity contribution is -0.140. The second-order valence-corrected chi connectivity index (χ2v) is 23.8. The molecule has 41 heavy (non-hydrogen) atoms. The Bertz CT molecular complexity index is 1210. The van der Waals surface area contributed by atoms with Gasteiger partial charge in [-0.15, -0.1) is 0 Å². The Morgan fingerprint density at radius 2 is 1.29 bits per heavy atom. The van der Waals surface area contributed by atoms with Crippen molar-refractivity contribution in [3.05, 3.63) is 70.3 Å². The van der Waals surface area contributed by atoms with Crippen LogP contribution in [0, 0.1) is 11.8 Å². The zero-order valence-corrected chi connectivity index (χ0v) is 29.6. The summed E-state index contributed by atoms with van der Waals surface area (Å²) in [4.78, 5) is 11.3. The third-order valence-corrected chi connectivity index (χ3v) is 17.8. The minimum atomic E-state index is -1.91. The van der Waals surface area contributed by atoms with Gasteiger partial charge < -0.3 is 13.6 Å². The number of hydrogen-bond acceptors (Lipinski definition) is 4. The minimum Gasteiger partial charge on any atom is -0.469 e. The van der Waals surface area contributed by atoms with E-state index in [0.29, 0.717) is 19.6 Å². The lowest BCUT2D eigenvalue weighted by atomic mass is 10.0. The lowest BCUT2D eigenvalue weighted by Gasteiger charge is -2.37. The van der Waals surface area contributed by atoms with Gasteiger partial charge in [0.1, 0.15) is 0 Å². The van der Waals surface area contributed by atoms with Gasteiger partial charge in [-0.25, -0.2) is 0 Å². The van der Waals surface area contributed by atoms with Gasteiger partial charge in [0.2, 0.25) is 0 Å². The van der Waals surface area contributed by atoms with E-state index in [0.717, 1.165) is 36.8 Å². The minimum absolute atomic E-state index is 0.131. The summed E-state index contributed by atoms with van der Waals surface area (Å²) in [5.41, 5.74) is 5.63. The number of esters is 1. The summed E-state index contributed by atoms with van der Waals surface area (Å²) < 4.78 is 18.0. The van der Waals surface area contributed by atoms with Crippen LogP contribution in [0.2, 0.25) is 36.3 Å². The fourth-order valence-corrected chi connectivity index (χ4v) is 5.65. The van der Waals surface area contributed by atoms with E-state index in [1.54, 1.807) is 0 Å². The molecule has 0 atom stereocenters. The van der Waals surface area contributed by atoms with Crippen molar-refractivity contribution in [2.75, 3.05) is 7.11 Å². The molecule has 0 aromatic heterocycles. The molecule has 0 aliphatic heterocycles. The van der Waals surface area contributed by atoms with Crippen LogP contribution in [-0.2, 0) is 38.0 Å². The lowest BCUT2D eigenvalue weighted by Crippen LogP contribution is -2.41. The van der Waals surface area contributed by atoms with Gasteiger partial charge in [-0.2, -0.15) is 0 Å². The van der Waals surface area contributed by atoms with Gasteiger partial charge in [-0.05, 0) is 96.5 Å². The normalized spacial score (nSPS) is 12.6. The van der Waals surface area contributed by atoms with Gasteiger partial charge in [0.25, 0.3) is 0 Å². The smallest absolute Gasteiger partial charge is 0.305 e. The first kappa shape index (κ1) is 35.0. The molecule has 0 bridgehead atoms. The van der Waals surface area contributed by atoms with Crippen LogP contribution in [0.4, 0.5) is 0 Å². The van der Waals surface area contributed by atoms with E-state index in [-0.39, 0.29) is 16.0 Å². The van der Waals surface area contributed by atoms with Crippen molar-refractivity contribution >= 4 is 22.6 Å². The molecule has 0 radical (unpaired) electrons. The zero-order chi connectivity index (χ0) is 30.9. The topological polar surface area (TPSA) is 44.8 Å². The number of aryl methyl sites for hydroxylation is 1. The highest BCUT2D eigenvalue weighted by atomic mass is 28.4. The van der Waals surface area contributed by atoms with Crippen molar-refractivity contribution in [2.24, 2.45) is 0 Å². The highest BCUT2D eigenvalue weighted by molar-refractivity contribution is 6.74. The van der Waals surface area contributed by atoms with E-state index in [1.165, 1.54) is 23.8 Å². The van der Waals surface area contributed by atoms with Crippen LogP contribution < -0.4 is 0 Å². The predicted molar refractivity (Wildman–Crippen MR) is 177 cm³/mol. The molecule has 0 aliphatic rings. The maximum Gasteiger partial charge on any atom is 0.305 e. The third kappa shape index (κ3) is 11.2. The molecule has 0 heterocycles. The number of unbranched alkanes of at least 4 members (excludes halogenated alkanes) is 2. The average molecular weight is 595 g/mol. The van der Waals surface area contributed by atoms with E-state index in [9.17, 15) is 4.79 Å². The molecule has 2 rings (SSSR count). The van der Waals surface area contributed by atoms with Crippen molar-refractivity contribution in [3.63, 3.8) is 0 Å². The molecule has 2 aromatic rings. The fraction of sp³-hybridized carbons (Fsp3) is 0.571. The van der Waals surface area contributed by atoms with Gasteiger partial charge >= 0.3 is 5.97 Å². The number of methoxy groups -OCH3 is 1. The molecule has 0 N–H and O–H groups in total. The predicted octanol–water partition coefficient (Wildman–Crippen LogP) is 9.41. The summed E-state index contributed by atoms with van der Waals surface area (Å²) in [5, 5.41) is 0.308. The highest BCUT2D eigenvalue weighted by Gasteiger charge is 2.38. The zero-order valence-electron chi connectivity index (χ0n) is 27.6. The van der Waals surface area contributed by atoms with E-state index in [4.69, 9.17) is 13.6 Å². The molecule has 0 saturated heterocycles. The quantitative estimate of drug-likeness (QED) is 0.106. The molecule has 0 amide bonds. The molecule has 0 aliphatic carbocycles. The molecule has 2 aromatic carbocycles. The molecular weight excluding hydrogens is 541 g/mol. The first-order valence-corrected chi connectivity index (χ1v) is 20.8. The summed E-state index contributed by atoms with van der Waals surface area (Å²) in [6, 6.07) is 14.9. The third-order valence-electron chi connectivity index (χ3n) is 8.85. The highest BCUT2D eigenvalue weighted by Crippen LogP contribution is 2.38. The maximum absolute atomic E-state index is 11.3. The Kier molecular flexibility index (Phi) is 12.7. The molecule has 6 heteroatoms. The Labute approximate surface area is 252 Å². The van der Waals surface area contributed by atoms with Crippen LogP contribution in [0.1, 0.15) is 95.0 Å². The number of rotatable bonds is 12. The summed E-state index contributed by atoms with van der Waals surface area (Å²) >= 11 is 0. The van der Waals surface area contributed by atoms with E-state index in [2.05, 4.69) is 122 Å². The van der Waals surface area contributed by atoms with Crippen LogP contribution in [0.15, 0.2) is 42.5 Å². The molecule has 0 fully saturated rings. The number of benzene rings is 2. The van der Waals surface area contributed by atoms with Crippen LogP contribution in [0.25, 0.3) is 0 Å². The van der Waals surface area contributed by atoms with Gasteiger partial charge in [-0.3, -0.25) is 4.79 Å². The van der Waals surface area contributed by atoms with Gasteiger partial charge in [-0.1, -0.05) is 78.0 Å². The van der Waals surface area contributed by atoms with Crippen molar-refractivity contribution in [2.45, 2.75) is 123 Å². The van der Waals surface area contributed by atoms with Crippen molar-refractivity contribution in [1.82, 2.24) is 0 Å². The van der Waals surface area contributed by atoms with E-state index < -0.39 is 16.6 Å². The number of ether oxygens (including phenoxy) is 1. The van der Waals surface area contributed by atoms with E-state index in [1.807, 2.05) is 0 Å². The first-order valence-electron chi connectivity index (χ1n) is 15.0. The van der Waals surface area contributed by atoms with Crippen molar-refractivity contribution < 1.29 is 18.4 Å². The largest absolute Gasteiger partial charge is 0.469 e. The average Bonchev–Trinajstić information content (AvgIpc) is 2.88. The summed E-state index contributed by atoms with van der Waals surface area (Å²) in [6.07, 6.45) is 4.39. The van der Waals surface area contributed by atoms with Gasteiger partial charge in [0.15, 0.2) is 16.6 Å². The Morgan fingerprint density at radius 1 is 0.732 bits per heavy atom. The van der Waals surface area contributed by atoms with Crippen molar-refractivity contribution in [1.29, 1.82) is 0 Å². The van der Waals surface area contributed by atoms with Crippen LogP contribution >= 0.6 is 0 Å². The Hall–Kier alpha value is -2.18. The maximum atomic E-state index is 11.3. The van der Waals surface area contributed by atoms with Crippen molar-refractivity contribution in [3.8, 4) is 11.8 Å². The fourth-order valence-electron chi connectivity index (χ4n) is 3.75. The SMILES string of the molecule is COC(=O)CCCCCc1cccc(C#Cc2ccc(CO[Si](C)(C)C(C)(C)C)c(CO[Si](C)(C)C(C)(C)C)c2)c1. The number of carbonyl (C=O) groups is 1. The molecular formula is C35H54O4Si2. The Balaban J connectivity index is 2.21. The van der Waals surface area contributed by atoms with Gasteiger partial charge in [0.05, 0.1) is 20.3 Å². The number of carbonyl (C=O) groups excluding carboxylic acids is 1. The van der Waals surface area contributed by atoms with Crippen LogP contribution in [0.3, 0.4) is 0 Å². The second-order valence-electron chi connectivity index (χ2n) is 14.2. The molecule has 0 spiro atoms. The summed E-state index contributed by atoms with van der Waals surface area (Å²) in [7, 11) is -2.35. The molecule has 4 nitrogen and oxygen atoms in total. The molecule has 0 saturated carbocycles. The van der Waals surface area contributed by atoms with Gasteiger partial charge in [0, 0.05) is 17.5 Å². The molecule has 226 valence electrons. The van der Waals surface area contributed by atoms with Crippen LogP contribution in [-0.4, -0.2) is 29.7 Å². The number of hydrogen-bond donors (Lipinski definition) is 0. The first-order chi connectivity index (χ1) is 18.9. The summed E-state index contributed by atoms with van der Waals surface area (Å²) in [6.45, 7) is 24.0. The monoisotopic (exact) mass is 594 g/mol. The van der Waals surface area contributed by atoms with E-state index >= 15 is 0 Å². The van der Waals surface area contributed by atoms with Crippen LogP contribution in [0.5, 0.6) is 0 Å². The standard InChI is InChI=1S/C35H54O4Si2/c1-34(2,3)40(8,9)38-26-31-23-22-30(25-32(31)27-39-41(10,11)35(4,5)6)21-20-29-18-15-17-28(24-29)16-13-12-14-19-33(36)37-7/h15,17-18,22-25H,12-14,16,19,26-27H2,1-11H3.